The molecule has 0 bridgehead atoms. The molecule has 2 N–H and O–H groups in total. The lowest BCUT2D eigenvalue weighted by Crippen LogP contribution is -2.43. The van der Waals surface area contributed by atoms with Crippen molar-refractivity contribution in [3.8, 4) is 0 Å². The monoisotopic (exact) mass is 282 g/mol. The van der Waals surface area contributed by atoms with Gasteiger partial charge in [-0.2, -0.15) is 0 Å². The second kappa shape index (κ2) is 6.39. The molecule has 0 amide bonds. The van der Waals surface area contributed by atoms with Gasteiger partial charge < -0.3 is 10.6 Å². The third-order valence-electron chi connectivity index (χ3n) is 3.53. The second-order valence-corrected chi connectivity index (χ2v) is 5.82. The first-order chi connectivity index (χ1) is 8.65. The Morgan fingerprint density at radius 3 is 2.56 bits per heavy atom. The fraction of sp³-hybridized carbons (Fsp3) is 0.500. The summed E-state index contributed by atoms with van der Waals surface area (Å²) in [6.07, 6.45) is 5.15. The summed E-state index contributed by atoms with van der Waals surface area (Å²) < 4.78 is 0. The summed E-state index contributed by atoms with van der Waals surface area (Å²) in [5.41, 5.74) is 0.973. The Labute approximate surface area is 119 Å². The highest BCUT2D eigenvalue weighted by atomic mass is 35.5. The van der Waals surface area contributed by atoms with Crippen molar-refractivity contribution < 1.29 is 0 Å². The van der Waals surface area contributed by atoms with E-state index in [9.17, 15) is 0 Å². The molecule has 98 valence electrons. The van der Waals surface area contributed by atoms with E-state index in [1.165, 1.54) is 25.7 Å². The lowest BCUT2D eigenvalue weighted by Gasteiger charge is -2.30. The molecule has 18 heavy (non-hydrogen) atoms. The molecule has 2 nitrogen and oxygen atoms in total. The molecule has 0 heterocycles. The minimum atomic E-state index is 0.506. The van der Waals surface area contributed by atoms with Crippen LogP contribution in [0.15, 0.2) is 24.3 Å². The summed E-state index contributed by atoms with van der Waals surface area (Å²) in [5, 5.41) is 8.06. The van der Waals surface area contributed by atoms with Gasteiger partial charge in [0.2, 0.25) is 0 Å². The first-order valence-corrected chi connectivity index (χ1v) is 7.27. The normalized spacial score (nSPS) is 23.4. The van der Waals surface area contributed by atoms with Crippen molar-refractivity contribution in [2.75, 3.05) is 5.32 Å². The summed E-state index contributed by atoms with van der Waals surface area (Å²) in [7, 11) is 0. The molecule has 2 atom stereocenters. The van der Waals surface area contributed by atoms with E-state index in [-0.39, 0.29) is 0 Å². The molecule has 4 heteroatoms. The fourth-order valence-corrected chi connectivity index (χ4v) is 2.79. The highest BCUT2D eigenvalue weighted by molar-refractivity contribution is 7.80. The predicted octanol–water partition coefficient (Wildman–Crippen LogP) is 4.21. The zero-order chi connectivity index (χ0) is 13.0. The van der Waals surface area contributed by atoms with Gasteiger partial charge in [0.05, 0.1) is 0 Å². The molecule has 0 unspecified atom stereocenters. The summed E-state index contributed by atoms with van der Waals surface area (Å²) >= 11 is 11.2. The number of anilines is 1. The largest absolute Gasteiger partial charge is 0.359 e. The van der Waals surface area contributed by atoms with Gasteiger partial charge in [0.25, 0.3) is 0 Å². The predicted molar refractivity (Wildman–Crippen MR) is 82.2 cm³/mol. The Hall–Kier alpha value is -0.800. The molecular formula is C14H19ClN2S. The zero-order valence-corrected chi connectivity index (χ0v) is 12.2. The van der Waals surface area contributed by atoms with Crippen molar-refractivity contribution >= 4 is 34.6 Å². The van der Waals surface area contributed by atoms with Crippen LogP contribution in [0.4, 0.5) is 5.69 Å². The summed E-state index contributed by atoms with van der Waals surface area (Å²) in [6.45, 7) is 2.29. The Balaban J connectivity index is 1.86. The van der Waals surface area contributed by atoms with E-state index in [0.29, 0.717) is 17.1 Å². The Bertz CT molecular complexity index is 405. The molecule has 1 aliphatic rings. The van der Waals surface area contributed by atoms with Crippen molar-refractivity contribution in [1.82, 2.24) is 5.32 Å². The fourth-order valence-electron chi connectivity index (χ4n) is 2.40. The molecule has 1 aromatic carbocycles. The SMILES string of the molecule is C[C@@H]1CCCC[C@H]1NC(=S)Nc1ccc(Cl)cc1. The van der Waals surface area contributed by atoms with E-state index >= 15 is 0 Å². The maximum atomic E-state index is 5.85. The molecule has 2 rings (SSSR count). The van der Waals surface area contributed by atoms with Gasteiger partial charge in [-0.05, 0) is 55.2 Å². The van der Waals surface area contributed by atoms with Crippen LogP contribution in [0.1, 0.15) is 32.6 Å². The first-order valence-electron chi connectivity index (χ1n) is 6.48. The summed E-state index contributed by atoms with van der Waals surface area (Å²) in [4.78, 5) is 0. The quantitative estimate of drug-likeness (QED) is 0.795. The maximum Gasteiger partial charge on any atom is 0.171 e. The number of hydrogen-bond donors (Lipinski definition) is 2. The van der Waals surface area contributed by atoms with Crippen molar-refractivity contribution in [2.24, 2.45) is 5.92 Å². The molecule has 0 aliphatic heterocycles. The average Bonchev–Trinajstić information content (AvgIpc) is 2.35. The van der Waals surface area contributed by atoms with Gasteiger partial charge in [-0.3, -0.25) is 0 Å². The Morgan fingerprint density at radius 2 is 1.89 bits per heavy atom. The maximum absolute atomic E-state index is 5.85. The molecule has 0 saturated heterocycles. The van der Waals surface area contributed by atoms with E-state index < -0.39 is 0 Å². The minimum absolute atomic E-state index is 0.506. The van der Waals surface area contributed by atoms with Crippen LogP contribution < -0.4 is 10.6 Å². The smallest absolute Gasteiger partial charge is 0.171 e. The van der Waals surface area contributed by atoms with Crippen LogP contribution in [-0.2, 0) is 0 Å². The molecule has 0 spiro atoms. The Kier molecular flexibility index (Phi) is 4.84. The number of halogens is 1. The van der Waals surface area contributed by atoms with Crippen LogP contribution in [0.3, 0.4) is 0 Å². The molecule has 0 radical (unpaired) electrons. The number of rotatable bonds is 2. The summed E-state index contributed by atoms with van der Waals surface area (Å²) in [5.74, 6) is 0.698. The molecule has 1 aromatic rings. The van der Waals surface area contributed by atoms with Crippen molar-refractivity contribution in [3.63, 3.8) is 0 Å². The van der Waals surface area contributed by atoms with Crippen molar-refractivity contribution in [3.05, 3.63) is 29.3 Å². The zero-order valence-electron chi connectivity index (χ0n) is 10.6. The highest BCUT2D eigenvalue weighted by Gasteiger charge is 2.21. The van der Waals surface area contributed by atoms with E-state index in [0.717, 1.165) is 10.7 Å². The molecule has 1 saturated carbocycles. The highest BCUT2D eigenvalue weighted by Crippen LogP contribution is 2.23. The molecule has 1 aliphatic carbocycles. The molecule has 1 fully saturated rings. The minimum Gasteiger partial charge on any atom is -0.359 e. The second-order valence-electron chi connectivity index (χ2n) is 4.97. The van der Waals surface area contributed by atoms with Crippen molar-refractivity contribution in [2.45, 2.75) is 38.6 Å². The topological polar surface area (TPSA) is 24.1 Å². The van der Waals surface area contributed by atoms with Crippen LogP contribution >= 0.6 is 23.8 Å². The van der Waals surface area contributed by atoms with Crippen molar-refractivity contribution in [1.29, 1.82) is 0 Å². The number of thiocarbonyl (C=S) groups is 1. The van der Waals surface area contributed by atoms with Crippen LogP contribution in [0, 0.1) is 5.92 Å². The van der Waals surface area contributed by atoms with E-state index in [1.807, 2.05) is 24.3 Å². The van der Waals surface area contributed by atoms with Crippen LogP contribution in [0.5, 0.6) is 0 Å². The van der Waals surface area contributed by atoms with Crippen LogP contribution in [0.2, 0.25) is 5.02 Å². The van der Waals surface area contributed by atoms with Gasteiger partial charge >= 0.3 is 0 Å². The van der Waals surface area contributed by atoms with Gasteiger partial charge in [-0.1, -0.05) is 31.4 Å². The lowest BCUT2D eigenvalue weighted by molar-refractivity contribution is 0.309. The van der Waals surface area contributed by atoms with Gasteiger partial charge in [-0.25, -0.2) is 0 Å². The van der Waals surface area contributed by atoms with Crippen LogP contribution in [0.25, 0.3) is 0 Å². The van der Waals surface area contributed by atoms with Crippen LogP contribution in [-0.4, -0.2) is 11.2 Å². The lowest BCUT2D eigenvalue weighted by atomic mass is 9.86. The van der Waals surface area contributed by atoms with E-state index in [4.69, 9.17) is 23.8 Å². The van der Waals surface area contributed by atoms with E-state index in [2.05, 4.69) is 17.6 Å². The van der Waals surface area contributed by atoms with Gasteiger partial charge in [-0.15, -0.1) is 0 Å². The number of hydrogen-bond acceptors (Lipinski definition) is 1. The number of benzene rings is 1. The molecule has 0 aromatic heterocycles. The molecular weight excluding hydrogens is 264 g/mol. The Morgan fingerprint density at radius 1 is 1.22 bits per heavy atom. The number of nitrogens with one attached hydrogen (secondary N) is 2. The van der Waals surface area contributed by atoms with E-state index in [1.54, 1.807) is 0 Å². The average molecular weight is 283 g/mol. The standard InChI is InChI=1S/C14H19ClN2S/c1-10-4-2-3-5-13(10)17-14(18)16-12-8-6-11(15)7-9-12/h6-10,13H,2-5H2,1H3,(H2,16,17,18)/t10-,13-/m1/s1. The van der Waals surface area contributed by atoms with Gasteiger partial charge in [0.15, 0.2) is 5.11 Å². The first kappa shape index (κ1) is 13.6. The summed E-state index contributed by atoms with van der Waals surface area (Å²) in [6, 6.07) is 8.08. The third kappa shape index (κ3) is 3.85. The van der Waals surface area contributed by atoms with Gasteiger partial charge in [0, 0.05) is 16.8 Å². The third-order valence-corrected chi connectivity index (χ3v) is 4.00. The van der Waals surface area contributed by atoms with Gasteiger partial charge in [0.1, 0.15) is 0 Å².